The van der Waals surface area contributed by atoms with E-state index in [-0.39, 0.29) is 0 Å². The molecule has 1 aliphatic rings. The molecular weight excluding hydrogens is 715 g/mol. The molecule has 0 N–H and O–H groups in total. The summed E-state index contributed by atoms with van der Waals surface area (Å²) in [6, 6.07) is 77.8. The Balaban J connectivity index is 1.14. The molecule has 0 saturated heterocycles. The standard InChI is InChI=1S/C56H35N3/c57-36-37-21-27-47-42(31-37)22-23-43-32-40(24-28-48(43)47)41-25-29-51-49(33-41)50-34-44(26-30-52(50)56(51,45-17-9-3-10-18-45)46-19-11-4-12-20-46)54-35-53(38-13-5-1-6-14-38)58-55(59-54)39-15-7-2-8-16-39/h1-35H. The molecule has 3 nitrogen and oxygen atoms in total. The van der Waals surface area contributed by atoms with Crippen LogP contribution in [0.3, 0.4) is 0 Å². The van der Waals surface area contributed by atoms with Crippen LogP contribution in [0.4, 0.5) is 0 Å². The first-order valence-corrected chi connectivity index (χ1v) is 20.0. The van der Waals surface area contributed by atoms with Gasteiger partial charge >= 0.3 is 0 Å². The summed E-state index contributed by atoms with van der Waals surface area (Å²) in [6.45, 7) is 0. The molecule has 10 aromatic rings. The van der Waals surface area contributed by atoms with Gasteiger partial charge in [0.2, 0.25) is 0 Å². The first kappa shape index (κ1) is 34.3. The van der Waals surface area contributed by atoms with Gasteiger partial charge in [-0.25, -0.2) is 9.97 Å². The average Bonchev–Trinajstić information content (AvgIpc) is 3.62. The van der Waals surface area contributed by atoms with Crippen molar-refractivity contribution in [3.05, 3.63) is 240 Å². The molecule has 0 amide bonds. The van der Waals surface area contributed by atoms with Gasteiger partial charge in [-0.15, -0.1) is 0 Å². The van der Waals surface area contributed by atoms with Crippen LogP contribution in [0.2, 0.25) is 0 Å². The van der Waals surface area contributed by atoms with Crippen LogP contribution in [0.1, 0.15) is 27.8 Å². The van der Waals surface area contributed by atoms with Crippen LogP contribution < -0.4 is 0 Å². The average molecular weight is 750 g/mol. The van der Waals surface area contributed by atoms with Crippen molar-refractivity contribution in [3.8, 4) is 62.2 Å². The Hall–Kier alpha value is -7.93. The van der Waals surface area contributed by atoms with E-state index in [0.29, 0.717) is 11.4 Å². The lowest BCUT2D eigenvalue weighted by Crippen LogP contribution is -2.28. The monoisotopic (exact) mass is 749 g/mol. The van der Waals surface area contributed by atoms with E-state index >= 15 is 0 Å². The number of fused-ring (bicyclic) bond motifs is 6. The largest absolute Gasteiger partial charge is 0.228 e. The second-order valence-corrected chi connectivity index (χ2v) is 15.2. The van der Waals surface area contributed by atoms with E-state index in [4.69, 9.17) is 9.97 Å². The highest BCUT2D eigenvalue weighted by molar-refractivity contribution is 6.09. The lowest BCUT2D eigenvalue weighted by Gasteiger charge is -2.34. The quantitative estimate of drug-likeness (QED) is 0.159. The van der Waals surface area contributed by atoms with Crippen molar-refractivity contribution in [2.45, 2.75) is 5.41 Å². The van der Waals surface area contributed by atoms with Crippen molar-refractivity contribution in [2.75, 3.05) is 0 Å². The molecule has 0 unspecified atom stereocenters. The minimum absolute atomic E-state index is 0.537. The molecule has 0 radical (unpaired) electrons. The van der Waals surface area contributed by atoms with Gasteiger partial charge in [-0.05, 0) is 102 Å². The summed E-state index contributed by atoms with van der Waals surface area (Å²) in [5.41, 5.74) is 14.6. The molecule has 0 bridgehead atoms. The molecular formula is C56H35N3. The molecule has 1 heterocycles. The van der Waals surface area contributed by atoms with Crippen molar-refractivity contribution in [3.63, 3.8) is 0 Å². The van der Waals surface area contributed by atoms with E-state index in [1.54, 1.807) is 0 Å². The summed E-state index contributed by atoms with van der Waals surface area (Å²) in [7, 11) is 0. The third-order valence-corrected chi connectivity index (χ3v) is 12.0. The Morgan fingerprint density at radius 2 is 0.847 bits per heavy atom. The number of nitriles is 1. The summed E-state index contributed by atoms with van der Waals surface area (Å²) in [5.74, 6) is 0.697. The summed E-state index contributed by atoms with van der Waals surface area (Å²) >= 11 is 0. The number of hydrogen-bond acceptors (Lipinski definition) is 3. The number of benzene rings is 9. The SMILES string of the molecule is N#Cc1ccc2c(ccc3cc(-c4ccc5c(c4)-c4cc(-c6cc(-c7ccccc7)nc(-c7ccccc7)n6)ccc4C5(c4ccccc4)c4ccccc4)ccc32)c1. The van der Waals surface area contributed by atoms with Gasteiger partial charge in [-0.3, -0.25) is 0 Å². The van der Waals surface area contributed by atoms with Crippen LogP contribution in [0, 0.1) is 11.3 Å². The molecule has 1 aromatic heterocycles. The Morgan fingerprint density at radius 1 is 0.373 bits per heavy atom. The zero-order valence-electron chi connectivity index (χ0n) is 32.0. The van der Waals surface area contributed by atoms with Crippen molar-refractivity contribution in [2.24, 2.45) is 0 Å². The van der Waals surface area contributed by atoms with E-state index < -0.39 is 5.41 Å². The minimum atomic E-state index is -0.537. The first-order valence-electron chi connectivity index (χ1n) is 20.0. The number of aromatic nitrogens is 2. The lowest BCUT2D eigenvalue weighted by molar-refractivity contribution is 0.768. The second-order valence-electron chi connectivity index (χ2n) is 15.2. The molecule has 1 aliphatic carbocycles. The third-order valence-electron chi connectivity index (χ3n) is 12.0. The van der Waals surface area contributed by atoms with Crippen LogP contribution in [-0.4, -0.2) is 9.97 Å². The highest BCUT2D eigenvalue weighted by Gasteiger charge is 2.46. The molecule has 0 fully saturated rings. The lowest BCUT2D eigenvalue weighted by atomic mass is 9.67. The van der Waals surface area contributed by atoms with Crippen molar-refractivity contribution < 1.29 is 0 Å². The van der Waals surface area contributed by atoms with Crippen molar-refractivity contribution >= 4 is 21.5 Å². The van der Waals surface area contributed by atoms with Crippen LogP contribution in [-0.2, 0) is 5.41 Å². The summed E-state index contributed by atoms with van der Waals surface area (Å²) < 4.78 is 0. The van der Waals surface area contributed by atoms with E-state index in [9.17, 15) is 5.26 Å². The van der Waals surface area contributed by atoms with Gasteiger partial charge in [-0.2, -0.15) is 5.26 Å². The molecule has 11 rings (SSSR count). The van der Waals surface area contributed by atoms with Gasteiger partial charge in [0.05, 0.1) is 28.4 Å². The zero-order valence-corrected chi connectivity index (χ0v) is 32.0. The smallest absolute Gasteiger partial charge is 0.160 e. The zero-order chi connectivity index (χ0) is 39.3. The molecule has 0 spiro atoms. The summed E-state index contributed by atoms with van der Waals surface area (Å²) in [5, 5.41) is 14.0. The van der Waals surface area contributed by atoms with Crippen LogP contribution in [0.15, 0.2) is 212 Å². The summed E-state index contributed by atoms with van der Waals surface area (Å²) in [4.78, 5) is 10.3. The maximum atomic E-state index is 9.49. The molecule has 0 atom stereocenters. The minimum Gasteiger partial charge on any atom is -0.228 e. The Morgan fingerprint density at radius 3 is 1.46 bits per heavy atom. The molecule has 0 saturated carbocycles. The molecule has 274 valence electrons. The van der Waals surface area contributed by atoms with Gasteiger partial charge in [-0.1, -0.05) is 176 Å². The van der Waals surface area contributed by atoms with Crippen molar-refractivity contribution in [1.29, 1.82) is 5.26 Å². The highest BCUT2D eigenvalue weighted by Crippen LogP contribution is 2.57. The van der Waals surface area contributed by atoms with Gasteiger partial charge in [0.15, 0.2) is 5.82 Å². The fraction of sp³-hybridized carbons (Fsp3) is 0.0179. The Bertz CT molecular complexity index is 3160. The number of hydrogen-bond donors (Lipinski definition) is 0. The molecule has 59 heavy (non-hydrogen) atoms. The second kappa shape index (κ2) is 13.9. The van der Waals surface area contributed by atoms with Gasteiger partial charge in [0, 0.05) is 16.7 Å². The van der Waals surface area contributed by atoms with Gasteiger partial charge < -0.3 is 0 Å². The Labute approximate surface area is 343 Å². The van der Waals surface area contributed by atoms with Crippen molar-refractivity contribution in [1.82, 2.24) is 9.97 Å². The molecule has 9 aromatic carbocycles. The third kappa shape index (κ3) is 5.65. The van der Waals surface area contributed by atoms with E-state index in [0.717, 1.165) is 55.4 Å². The predicted molar refractivity (Wildman–Crippen MR) is 241 cm³/mol. The topological polar surface area (TPSA) is 49.6 Å². The number of nitrogens with zero attached hydrogens (tertiary/aromatic N) is 3. The maximum Gasteiger partial charge on any atom is 0.160 e. The number of rotatable bonds is 6. The van der Waals surface area contributed by atoms with Crippen LogP contribution in [0.5, 0.6) is 0 Å². The van der Waals surface area contributed by atoms with E-state index in [1.165, 1.54) is 38.8 Å². The summed E-state index contributed by atoms with van der Waals surface area (Å²) in [6.07, 6.45) is 0. The first-order chi connectivity index (χ1) is 29.2. The van der Waals surface area contributed by atoms with Crippen LogP contribution >= 0.6 is 0 Å². The van der Waals surface area contributed by atoms with E-state index in [1.807, 2.05) is 36.4 Å². The van der Waals surface area contributed by atoms with Crippen LogP contribution in [0.25, 0.3) is 77.7 Å². The Kier molecular flexibility index (Phi) is 8.10. The highest BCUT2D eigenvalue weighted by atomic mass is 14.9. The van der Waals surface area contributed by atoms with Gasteiger partial charge in [0.25, 0.3) is 0 Å². The maximum absolute atomic E-state index is 9.49. The predicted octanol–water partition coefficient (Wildman–Crippen LogP) is 13.7. The molecule has 0 aliphatic heterocycles. The molecule has 3 heteroatoms. The normalized spacial score (nSPS) is 12.5. The van der Waals surface area contributed by atoms with Gasteiger partial charge in [0.1, 0.15) is 0 Å². The van der Waals surface area contributed by atoms with E-state index in [2.05, 4.69) is 182 Å². The fourth-order valence-electron chi connectivity index (χ4n) is 9.23. The fourth-order valence-corrected chi connectivity index (χ4v) is 9.23.